The quantitative estimate of drug-likeness (QED) is 0.178. The molecule has 202 valence electrons. The molecule has 0 saturated heterocycles. The summed E-state index contributed by atoms with van der Waals surface area (Å²) in [7, 11) is 1.41. The standard InChI is InChI=1S/C23H26ClF3N4O6/c1-15-20(29(2)22(33)31(34)14-35-11-10-32)28-21(30(15)13-16-6-8-17(24)9-7-16)36-18-4-3-5-19(12-18)37-23(25,26)27/h3-9,12,21,28,32,34H,10-11,13-14H2,1-2H3. The summed E-state index contributed by atoms with van der Waals surface area (Å²) >= 11 is 5.98. The molecule has 14 heteroatoms. The number of allylic oxidation sites excluding steroid dienone is 1. The minimum absolute atomic E-state index is 0.0735. The number of hydrogen-bond donors (Lipinski definition) is 3. The minimum Gasteiger partial charge on any atom is -0.452 e. The first-order valence-corrected chi connectivity index (χ1v) is 11.3. The van der Waals surface area contributed by atoms with Crippen LogP contribution in [0, 0.1) is 0 Å². The van der Waals surface area contributed by atoms with Crippen LogP contribution in [0.3, 0.4) is 0 Å². The van der Waals surface area contributed by atoms with Crippen molar-refractivity contribution in [3.8, 4) is 11.5 Å². The minimum atomic E-state index is -4.86. The zero-order valence-electron chi connectivity index (χ0n) is 19.9. The molecule has 3 N–H and O–H groups in total. The molecule has 3 rings (SSSR count). The molecule has 1 aliphatic rings. The first kappa shape index (κ1) is 28.2. The second kappa shape index (κ2) is 12.2. The summed E-state index contributed by atoms with van der Waals surface area (Å²) in [5, 5.41) is 22.7. The molecule has 0 radical (unpaired) electrons. The number of hydroxylamine groups is 2. The van der Waals surface area contributed by atoms with Gasteiger partial charge in [-0.2, -0.15) is 5.06 Å². The first-order chi connectivity index (χ1) is 17.5. The number of ether oxygens (including phenoxy) is 3. The van der Waals surface area contributed by atoms with Gasteiger partial charge in [0.25, 0.3) is 6.35 Å². The van der Waals surface area contributed by atoms with Crippen molar-refractivity contribution < 1.29 is 42.5 Å². The number of aliphatic hydroxyl groups is 1. The normalized spacial score (nSPS) is 15.5. The Labute approximate surface area is 215 Å². The highest BCUT2D eigenvalue weighted by atomic mass is 35.5. The van der Waals surface area contributed by atoms with Gasteiger partial charge in [-0.25, -0.2) is 4.79 Å². The van der Waals surface area contributed by atoms with Crippen molar-refractivity contribution >= 4 is 17.6 Å². The zero-order valence-corrected chi connectivity index (χ0v) is 20.7. The highest BCUT2D eigenvalue weighted by Crippen LogP contribution is 2.30. The summed E-state index contributed by atoms with van der Waals surface area (Å²) in [6.07, 6.45) is -5.81. The lowest BCUT2D eigenvalue weighted by Gasteiger charge is -2.28. The molecule has 1 heterocycles. The summed E-state index contributed by atoms with van der Waals surface area (Å²) in [6.45, 7) is 1.16. The fourth-order valence-corrected chi connectivity index (χ4v) is 3.57. The van der Waals surface area contributed by atoms with Crippen molar-refractivity contribution in [1.29, 1.82) is 0 Å². The molecule has 37 heavy (non-hydrogen) atoms. The molecule has 2 amide bonds. The lowest BCUT2D eigenvalue weighted by molar-refractivity contribution is -0.274. The molecule has 0 fully saturated rings. The van der Waals surface area contributed by atoms with Gasteiger partial charge in [0.15, 0.2) is 0 Å². The molecule has 1 unspecified atom stereocenters. The topological polar surface area (TPSA) is 107 Å². The molecular formula is C23H26ClF3N4O6. The van der Waals surface area contributed by atoms with Crippen LogP contribution >= 0.6 is 11.6 Å². The number of urea groups is 1. The van der Waals surface area contributed by atoms with E-state index in [2.05, 4.69) is 10.1 Å². The smallest absolute Gasteiger partial charge is 0.452 e. The molecule has 0 spiro atoms. The average molecular weight is 547 g/mol. The van der Waals surface area contributed by atoms with E-state index in [-0.39, 0.29) is 31.3 Å². The van der Waals surface area contributed by atoms with Crippen molar-refractivity contribution in [2.75, 3.05) is 27.0 Å². The fourth-order valence-electron chi connectivity index (χ4n) is 3.44. The molecule has 2 aromatic carbocycles. The summed E-state index contributed by atoms with van der Waals surface area (Å²) in [5.41, 5.74) is 1.38. The van der Waals surface area contributed by atoms with E-state index in [1.54, 1.807) is 36.1 Å². The molecule has 1 atom stereocenters. The van der Waals surface area contributed by atoms with Crippen molar-refractivity contribution in [2.45, 2.75) is 26.2 Å². The van der Waals surface area contributed by atoms with Gasteiger partial charge in [-0.1, -0.05) is 29.8 Å². The first-order valence-electron chi connectivity index (χ1n) is 10.9. The van der Waals surface area contributed by atoms with Crippen LogP contribution in [0.5, 0.6) is 11.5 Å². The van der Waals surface area contributed by atoms with Crippen LogP contribution < -0.4 is 14.8 Å². The maximum atomic E-state index is 12.7. The number of rotatable bonds is 10. The van der Waals surface area contributed by atoms with E-state index in [1.807, 2.05) is 0 Å². The second-order valence-electron chi connectivity index (χ2n) is 7.83. The number of halogens is 4. The van der Waals surface area contributed by atoms with Crippen LogP contribution in [0.4, 0.5) is 18.0 Å². The maximum absolute atomic E-state index is 12.7. The summed E-state index contributed by atoms with van der Waals surface area (Å²) in [5.74, 6) is -0.110. The third kappa shape index (κ3) is 7.79. The largest absolute Gasteiger partial charge is 0.573 e. The Hall–Kier alpha value is -3.39. The Balaban J connectivity index is 1.83. The third-order valence-corrected chi connectivity index (χ3v) is 5.41. The number of nitrogens with zero attached hydrogens (tertiary/aromatic N) is 3. The van der Waals surface area contributed by atoms with Crippen molar-refractivity contribution in [2.24, 2.45) is 0 Å². The predicted molar refractivity (Wildman–Crippen MR) is 125 cm³/mol. The SMILES string of the molecule is CC1=C(N(C)C(=O)N(O)COCCO)NC(Oc2cccc(OC(F)(F)F)c2)N1Cc1ccc(Cl)cc1. The number of carbonyl (C=O) groups is 1. The van der Waals surface area contributed by atoms with Gasteiger partial charge in [0.2, 0.25) is 0 Å². The van der Waals surface area contributed by atoms with Gasteiger partial charge in [0.1, 0.15) is 24.1 Å². The Morgan fingerprint density at radius 2 is 1.86 bits per heavy atom. The van der Waals surface area contributed by atoms with Gasteiger partial charge in [-0.15, -0.1) is 13.2 Å². The number of nitrogens with one attached hydrogen (secondary N) is 1. The maximum Gasteiger partial charge on any atom is 0.573 e. The highest BCUT2D eigenvalue weighted by Gasteiger charge is 2.35. The number of carbonyl (C=O) groups excluding carboxylic acids is 1. The van der Waals surface area contributed by atoms with Gasteiger partial charge < -0.3 is 29.5 Å². The second-order valence-corrected chi connectivity index (χ2v) is 8.26. The van der Waals surface area contributed by atoms with Gasteiger partial charge in [0, 0.05) is 24.7 Å². The molecule has 0 saturated carbocycles. The number of hydrogen-bond acceptors (Lipinski definition) is 8. The van der Waals surface area contributed by atoms with E-state index in [9.17, 15) is 23.2 Å². The van der Waals surface area contributed by atoms with E-state index in [0.717, 1.165) is 22.6 Å². The lowest BCUT2D eigenvalue weighted by Crippen LogP contribution is -2.46. The van der Waals surface area contributed by atoms with Crippen molar-refractivity contribution in [1.82, 2.24) is 20.2 Å². The van der Waals surface area contributed by atoms with Gasteiger partial charge in [-0.05, 0) is 36.8 Å². The van der Waals surface area contributed by atoms with Crippen LogP contribution in [0.25, 0.3) is 0 Å². The van der Waals surface area contributed by atoms with E-state index in [4.69, 9.17) is 26.2 Å². The molecular weight excluding hydrogens is 521 g/mol. The Kier molecular flexibility index (Phi) is 9.32. The third-order valence-electron chi connectivity index (χ3n) is 5.16. The molecule has 0 aromatic heterocycles. The number of alkyl halides is 3. The number of aliphatic hydroxyl groups excluding tert-OH is 1. The average Bonchev–Trinajstić information content (AvgIpc) is 3.13. The van der Waals surface area contributed by atoms with Crippen molar-refractivity contribution in [3.05, 3.63) is 70.6 Å². The molecule has 10 nitrogen and oxygen atoms in total. The summed E-state index contributed by atoms with van der Waals surface area (Å²) in [6, 6.07) is 11.2. The van der Waals surface area contributed by atoms with Crippen LogP contribution in [0.1, 0.15) is 12.5 Å². The predicted octanol–water partition coefficient (Wildman–Crippen LogP) is 3.90. The molecule has 0 aliphatic carbocycles. The van der Waals surface area contributed by atoms with E-state index in [1.165, 1.54) is 19.2 Å². The lowest BCUT2D eigenvalue weighted by atomic mass is 10.2. The van der Waals surface area contributed by atoms with E-state index >= 15 is 0 Å². The highest BCUT2D eigenvalue weighted by molar-refractivity contribution is 6.30. The summed E-state index contributed by atoms with van der Waals surface area (Å²) < 4.78 is 52.9. The Morgan fingerprint density at radius 1 is 1.19 bits per heavy atom. The molecule has 2 aromatic rings. The molecule has 1 aliphatic heterocycles. The summed E-state index contributed by atoms with van der Waals surface area (Å²) in [4.78, 5) is 15.6. The fraction of sp³-hybridized carbons (Fsp3) is 0.348. The van der Waals surface area contributed by atoms with Crippen molar-refractivity contribution in [3.63, 3.8) is 0 Å². The van der Waals surface area contributed by atoms with Crippen LogP contribution in [0.2, 0.25) is 5.02 Å². The van der Waals surface area contributed by atoms with Crippen LogP contribution in [0.15, 0.2) is 60.0 Å². The van der Waals surface area contributed by atoms with Crippen LogP contribution in [-0.2, 0) is 11.3 Å². The Morgan fingerprint density at radius 3 is 2.51 bits per heavy atom. The van der Waals surface area contributed by atoms with Gasteiger partial charge >= 0.3 is 12.4 Å². The van der Waals surface area contributed by atoms with E-state index in [0.29, 0.717) is 15.8 Å². The molecule has 0 bridgehead atoms. The Bertz CT molecular complexity index is 1100. The monoisotopic (exact) mass is 546 g/mol. The van der Waals surface area contributed by atoms with Gasteiger partial charge in [-0.3, -0.25) is 10.1 Å². The number of benzene rings is 2. The van der Waals surface area contributed by atoms with Gasteiger partial charge in [0.05, 0.1) is 18.9 Å². The zero-order chi connectivity index (χ0) is 27.2. The number of amides is 2. The van der Waals surface area contributed by atoms with Crippen LogP contribution in [-0.4, -0.2) is 70.9 Å². The van der Waals surface area contributed by atoms with E-state index < -0.39 is 31.2 Å².